The Morgan fingerprint density at radius 1 is 1.28 bits per heavy atom. The SMILES string of the molecule is CC(=O)Nc1nonc1-c1nnc(SCc2c(Cl)cccc2Cl)n1C. The molecule has 0 bridgehead atoms. The summed E-state index contributed by atoms with van der Waals surface area (Å²) in [4.78, 5) is 11.2. The number of hydrogen-bond donors (Lipinski definition) is 1. The van der Waals surface area contributed by atoms with Gasteiger partial charge in [-0.25, -0.2) is 4.63 Å². The Hall–Kier alpha value is -2.10. The van der Waals surface area contributed by atoms with Crippen molar-refractivity contribution >= 4 is 46.7 Å². The number of thioether (sulfide) groups is 1. The van der Waals surface area contributed by atoms with Crippen molar-refractivity contribution in [2.45, 2.75) is 17.8 Å². The molecule has 1 aromatic carbocycles. The molecule has 0 unspecified atom stereocenters. The fourth-order valence-electron chi connectivity index (χ4n) is 2.04. The van der Waals surface area contributed by atoms with Gasteiger partial charge in [-0.15, -0.1) is 10.2 Å². The minimum atomic E-state index is -0.290. The molecule has 8 nitrogen and oxygen atoms in total. The van der Waals surface area contributed by atoms with Gasteiger partial charge in [-0.05, 0) is 28.0 Å². The standard InChI is InChI=1S/C14H12Cl2N6O2S/c1-7(23)17-12-11(20-24-21-12)13-18-19-14(22(13)2)25-6-8-9(15)4-3-5-10(8)16/h3-5H,6H2,1-2H3,(H,17,21,23). The number of hydrogen-bond acceptors (Lipinski definition) is 7. The summed E-state index contributed by atoms with van der Waals surface area (Å²) in [6.07, 6.45) is 0. The van der Waals surface area contributed by atoms with E-state index in [1.807, 2.05) is 0 Å². The first kappa shape index (κ1) is 17.7. The summed E-state index contributed by atoms with van der Waals surface area (Å²) in [6.45, 7) is 1.36. The minimum Gasteiger partial charge on any atom is -0.306 e. The molecule has 2 aromatic heterocycles. The molecule has 0 aliphatic carbocycles. The average Bonchev–Trinajstić information content (AvgIpc) is 3.13. The molecule has 3 rings (SSSR count). The second kappa shape index (κ2) is 7.42. The van der Waals surface area contributed by atoms with E-state index < -0.39 is 0 Å². The number of aromatic nitrogens is 5. The van der Waals surface area contributed by atoms with E-state index in [4.69, 9.17) is 23.2 Å². The Kier molecular flexibility index (Phi) is 5.26. The van der Waals surface area contributed by atoms with Gasteiger partial charge in [0.2, 0.25) is 11.7 Å². The van der Waals surface area contributed by atoms with Gasteiger partial charge in [-0.1, -0.05) is 41.0 Å². The van der Waals surface area contributed by atoms with Crippen molar-refractivity contribution in [3.8, 4) is 11.5 Å². The van der Waals surface area contributed by atoms with Crippen LogP contribution in [0.2, 0.25) is 10.0 Å². The largest absolute Gasteiger partial charge is 0.306 e. The van der Waals surface area contributed by atoms with E-state index >= 15 is 0 Å². The predicted octanol–water partition coefficient (Wildman–Crippen LogP) is 3.42. The molecule has 1 amide bonds. The van der Waals surface area contributed by atoms with Crippen molar-refractivity contribution < 1.29 is 9.42 Å². The van der Waals surface area contributed by atoms with E-state index in [9.17, 15) is 4.79 Å². The molecule has 0 spiro atoms. The Balaban J connectivity index is 1.83. The van der Waals surface area contributed by atoms with E-state index in [1.54, 1.807) is 29.8 Å². The van der Waals surface area contributed by atoms with Gasteiger partial charge >= 0.3 is 0 Å². The van der Waals surface area contributed by atoms with Crippen LogP contribution in [0.4, 0.5) is 5.82 Å². The summed E-state index contributed by atoms with van der Waals surface area (Å²) in [7, 11) is 1.78. The normalized spacial score (nSPS) is 10.9. The highest BCUT2D eigenvalue weighted by Gasteiger charge is 2.21. The van der Waals surface area contributed by atoms with E-state index in [2.05, 4.69) is 30.5 Å². The average molecular weight is 399 g/mol. The third-order valence-electron chi connectivity index (χ3n) is 3.24. The molecule has 0 radical (unpaired) electrons. The first-order chi connectivity index (χ1) is 12.0. The Morgan fingerprint density at radius 2 is 2.00 bits per heavy atom. The van der Waals surface area contributed by atoms with E-state index in [1.165, 1.54) is 18.7 Å². The summed E-state index contributed by atoms with van der Waals surface area (Å²) < 4.78 is 6.41. The molecule has 0 saturated heterocycles. The van der Waals surface area contributed by atoms with E-state index in [0.717, 1.165) is 5.56 Å². The van der Waals surface area contributed by atoms with Crippen LogP contribution in [0.1, 0.15) is 12.5 Å². The Bertz CT molecular complexity index is 906. The highest BCUT2D eigenvalue weighted by molar-refractivity contribution is 7.98. The molecular formula is C14H12Cl2N6O2S. The van der Waals surface area contributed by atoms with Crippen LogP contribution in [0.5, 0.6) is 0 Å². The van der Waals surface area contributed by atoms with Gasteiger partial charge in [0.15, 0.2) is 16.7 Å². The molecular weight excluding hydrogens is 387 g/mol. The van der Waals surface area contributed by atoms with Gasteiger partial charge in [0, 0.05) is 29.8 Å². The maximum absolute atomic E-state index is 11.2. The topological polar surface area (TPSA) is 98.7 Å². The molecule has 0 aliphatic heterocycles. The molecule has 11 heteroatoms. The van der Waals surface area contributed by atoms with Gasteiger partial charge in [0.05, 0.1) is 0 Å². The zero-order chi connectivity index (χ0) is 18.0. The summed E-state index contributed by atoms with van der Waals surface area (Å²) in [5, 5.41) is 20.0. The lowest BCUT2D eigenvalue weighted by molar-refractivity contribution is -0.114. The summed E-state index contributed by atoms with van der Waals surface area (Å²) >= 11 is 13.8. The summed E-state index contributed by atoms with van der Waals surface area (Å²) in [6, 6.07) is 5.36. The molecule has 3 aromatic rings. The quantitative estimate of drug-likeness (QED) is 0.657. The summed E-state index contributed by atoms with van der Waals surface area (Å²) in [5.41, 5.74) is 1.12. The minimum absolute atomic E-state index is 0.189. The lowest BCUT2D eigenvalue weighted by Gasteiger charge is -2.06. The fraction of sp³-hybridized carbons (Fsp3) is 0.214. The van der Waals surface area contributed by atoms with Gasteiger partial charge in [-0.2, -0.15) is 0 Å². The van der Waals surface area contributed by atoms with Gasteiger partial charge in [0.25, 0.3) is 0 Å². The van der Waals surface area contributed by atoms with Crippen molar-refractivity contribution in [3.05, 3.63) is 33.8 Å². The Morgan fingerprint density at radius 3 is 2.68 bits per heavy atom. The lowest BCUT2D eigenvalue weighted by atomic mass is 10.2. The number of amides is 1. The maximum atomic E-state index is 11.2. The van der Waals surface area contributed by atoms with Crippen LogP contribution < -0.4 is 5.32 Å². The van der Waals surface area contributed by atoms with Crippen molar-refractivity contribution in [2.24, 2.45) is 7.05 Å². The highest BCUT2D eigenvalue weighted by Crippen LogP contribution is 2.32. The number of benzene rings is 1. The number of halogens is 2. The van der Waals surface area contributed by atoms with E-state index in [0.29, 0.717) is 32.5 Å². The van der Waals surface area contributed by atoms with Gasteiger partial charge in [-0.3, -0.25) is 4.79 Å². The first-order valence-electron chi connectivity index (χ1n) is 7.03. The zero-order valence-corrected chi connectivity index (χ0v) is 15.5. The smallest absolute Gasteiger partial charge is 0.222 e. The number of rotatable bonds is 5. The lowest BCUT2D eigenvalue weighted by Crippen LogP contribution is -2.08. The van der Waals surface area contributed by atoms with Crippen molar-refractivity contribution in [1.82, 2.24) is 25.1 Å². The van der Waals surface area contributed by atoms with Crippen molar-refractivity contribution in [2.75, 3.05) is 5.32 Å². The highest BCUT2D eigenvalue weighted by atomic mass is 35.5. The second-order valence-electron chi connectivity index (χ2n) is 5.00. The molecule has 130 valence electrons. The fourth-order valence-corrected chi connectivity index (χ4v) is 3.69. The Labute approximate surface area is 156 Å². The van der Waals surface area contributed by atoms with Crippen LogP contribution in [0.25, 0.3) is 11.5 Å². The molecule has 0 aliphatic rings. The van der Waals surface area contributed by atoms with Crippen LogP contribution in [0.3, 0.4) is 0 Å². The molecule has 25 heavy (non-hydrogen) atoms. The number of carbonyl (C=O) groups is 1. The zero-order valence-electron chi connectivity index (χ0n) is 13.2. The molecule has 1 N–H and O–H groups in total. The van der Waals surface area contributed by atoms with Crippen molar-refractivity contribution in [1.29, 1.82) is 0 Å². The number of anilines is 1. The molecule has 2 heterocycles. The predicted molar refractivity (Wildman–Crippen MR) is 94.6 cm³/mol. The van der Waals surface area contributed by atoms with Crippen LogP contribution in [-0.2, 0) is 17.6 Å². The maximum Gasteiger partial charge on any atom is 0.222 e. The van der Waals surface area contributed by atoms with Gasteiger partial charge < -0.3 is 9.88 Å². The molecule has 0 fully saturated rings. The van der Waals surface area contributed by atoms with E-state index in [-0.39, 0.29) is 11.7 Å². The van der Waals surface area contributed by atoms with Crippen molar-refractivity contribution in [3.63, 3.8) is 0 Å². The van der Waals surface area contributed by atoms with Crippen LogP contribution in [0, 0.1) is 0 Å². The first-order valence-corrected chi connectivity index (χ1v) is 8.77. The van der Waals surface area contributed by atoms with Crippen LogP contribution in [-0.4, -0.2) is 31.0 Å². The number of nitrogens with one attached hydrogen (secondary N) is 1. The monoisotopic (exact) mass is 398 g/mol. The van der Waals surface area contributed by atoms with Gasteiger partial charge in [0.1, 0.15) is 0 Å². The molecule has 0 saturated carbocycles. The number of nitrogens with zero attached hydrogens (tertiary/aromatic N) is 5. The second-order valence-corrected chi connectivity index (χ2v) is 6.75. The summed E-state index contributed by atoms with van der Waals surface area (Å²) in [5.74, 6) is 0.841. The molecule has 0 atom stereocenters. The third kappa shape index (κ3) is 3.78. The third-order valence-corrected chi connectivity index (χ3v) is 4.99. The van der Waals surface area contributed by atoms with Crippen LogP contribution >= 0.6 is 35.0 Å². The van der Waals surface area contributed by atoms with Crippen LogP contribution in [0.15, 0.2) is 28.0 Å². The number of carbonyl (C=O) groups excluding carboxylic acids is 1.